The monoisotopic (exact) mass is 458 g/mol. The third kappa shape index (κ3) is 3.99. The van der Waals surface area contributed by atoms with E-state index in [2.05, 4.69) is 57.9 Å². The number of aryl methyl sites for hydroxylation is 2. The molecule has 5 rings (SSSR count). The van der Waals surface area contributed by atoms with Crippen LogP contribution in [0, 0.1) is 13.8 Å². The first-order valence-corrected chi connectivity index (χ1v) is 12.1. The van der Waals surface area contributed by atoms with Crippen molar-refractivity contribution in [3.63, 3.8) is 0 Å². The number of hydrogen-bond donors (Lipinski definition) is 1. The maximum atomic E-state index is 6.26. The van der Waals surface area contributed by atoms with Crippen molar-refractivity contribution in [2.75, 3.05) is 5.73 Å². The van der Waals surface area contributed by atoms with E-state index < -0.39 is 0 Å². The van der Waals surface area contributed by atoms with Gasteiger partial charge in [-0.2, -0.15) is 0 Å². The molecule has 0 aliphatic rings. The smallest absolute Gasteiger partial charge is 0.196 e. The highest BCUT2D eigenvalue weighted by Gasteiger charge is 2.17. The quantitative estimate of drug-likeness (QED) is 0.345. The molecule has 0 atom stereocenters. The molecule has 3 heterocycles. The second kappa shape index (κ2) is 8.72. The van der Waals surface area contributed by atoms with Gasteiger partial charge in [0.25, 0.3) is 0 Å². The summed E-state index contributed by atoms with van der Waals surface area (Å²) in [5, 5.41) is 10.8. The van der Waals surface area contributed by atoms with E-state index in [1.165, 1.54) is 10.4 Å². The minimum atomic E-state index is 0.543. The molecule has 160 valence electrons. The SMILES string of the molecule is Cc1sc2nc(CSc3nnc(Cc4ccccc4)n3-c3ccccc3)nc(N)c2c1C. The Hall–Kier alpha value is -3.23. The van der Waals surface area contributed by atoms with Crippen LogP contribution in [-0.4, -0.2) is 24.7 Å². The number of para-hydroxylation sites is 1. The molecule has 0 bridgehead atoms. The van der Waals surface area contributed by atoms with Gasteiger partial charge in [0.15, 0.2) is 5.16 Å². The summed E-state index contributed by atoms with van der Waals surface area (Å²) < 4.78 is 2.11. The Morgan fingerprint density at radius 3 is 2.41 bits per heavy atom. The van der Waals surface area contributed by atoms with Gasteiger partial charge in [-0.25, -0.2) is 9.97 Å². The molecule has 0 amide bonds. The predicted molar refractivity (Wildman–Crippen MR) is 131 cm³/mol. The summed E-state index contributed by atoms with van der Waals surface area (Å²) in [6.45, 7) is 4.16. The number of thiophene rings is 1. The maximum absolute atomic E-state index is 6.26. The summed E-state index contributed by atoms with van der Waals surface area (Å²) in [6.07, 6.45) is 0.701. The van der Waals surface area contributed by atoms with E-state index in [4.69, 9.17) is 10.7 Å². The second-order valence-corrected chi connectivity index (χ2v) is 9.65. The minimum absolute atomic E-state index is 0.543. The number of rotatable bonds is 6. The second-order valence-electron chi connectivity index (χ2n) is 7.51. The zero-order valence-corrected chi connectivity index (χ0v) is 19.5. The van der Waals surface area contributed by atoms with Crippen LogP contribution in [0.5, 0.6) is 0 Å². The molecule has 5 aromatic rings. The Bertz CT molecular complexity index is 1380. The third-order valence-electron chi connectivity index (χ3n) is 5.35. The summed E-state index contributed by atoms with van der Waals surface area (Å²) in [6, 6.07) is 20.5. The lowest BCUT2D eigenvalue weighted by Gasteiger charge is -2.10. The molecule has 0 saturated heterocycles. The topological polar surface area (TPSA) is 82.5 Å². The molecule has 2 N–H and O–H groups in total. The molecule has 0 aliphatic carbocycles. The van der Waals surface area contributed by atoms with Crippen molar-refractivity contribution < 1.29 is 0 Å². The van der Waals surface area contributed by atoms with E-state index in [9.17, 15) is 0 Å². The number of benzene rings is 2. The summed E-state index contributed by atoms with van der Waals surface area (Å²) in [7, 11) is 0. The zero-order chi connectivity index (χ0) is 22.1. The molecule has 0 aliphatic heterocycles. The highest BCUT2D eigenvalue weighted by atomic mass is 32.2. The van der Waals surface area contributed by atoms with Gasteiger partial charge < -0.3 is 5.73 Å². The molecule has 0 saturated carbocycles. The van der Waals surface area contributed by atoms with Crippen LogP contribution in [0.4, 0.5) is 5.82 Å². The molecule has 0 spiro atoms. The van der Waals surface area contributed by atoms with Crippen molar-refractivity contribution in [3.05, 3.63) is 88.3 Å². The fourth-order valence-electron chi connectivity index (χ4n) is 3.64. The molecule has 3 aromatic heterocycles. The lowest BCUT2D eigenvalue weighted by molar-refractivity contribution is 0.846. The standard InChI is InChI=1S/C24H22N6S2/c1-15-16(2)32-23-21(15)22(25)26-19(27-23)14-31-24-29-28-20(13-17-9-5-3-6-10-17)30(24)18-11-7-4-8-12-18/h3-12H,13-14H2,1-2H3,(H2,25,26,27). The van der Waals surface area contributed by atoms with Gasteiger partial charge in [0.1, 0.15) is 22.3 Å². The van der Waals surface area contributed by atoms with Gasteiger partial charge in [0.05, 0.1) is 11.1 Å². The van der Waals surface area contributed by atoms with E-state index in [0.717, 1.165) is 32.4 Å². The Balaban J connectivity index is 1.47. The maximum Gasteiger partial charge on any atom is 0.196 e. The number of hydrogen-bond acceptors (Lipinski definition) is 7. The van der Waals surface area contributed by atoms with Gasteiger partial charge in [-0.15, -0.1) is 21.5 Å². The lowest BCUT2D eigenvalue weighted by Crippen LogP contribution is -2.04. The molecule has 32 heavy (non-hydrogen) atoms. The van der Waals surface area contributed by atoms with Crippen LogP contribution in [0.25, 0.3) is 15.9 Å². The van der Waals surface area contributed by atoms with Crippen LogP contribution in [-0.2, 0) is 12.2 Å². The van der Waals surface area contributed by atoms with Crippen molar-refractivity contribution in [2.45, 2.75) is 31.2 Å². The van der Waals surface area contributed by atoms with E-state index in [1.807, 2.05) is 36.4 Å². The minimum Gasteiger partial charge on any atom is -0.383 e. The summed E-state index contributed by atoms with van der Waals surface area (Å²) in [5.74, 6) is 2.70. The Kier molecular flexibility index (Phi) is 5.63. The molecule has 6 nitrogen and oxygen atoms in total. The van der Waals surface area contributed by atoms with Crippen LogP contribution in [0.2, 0.25) is 0 Å². The third-order valence-corrected chi connectivity index (χ3v) is 7.38. The van der Waals surface area contributed by atoms with Gasteiger partial charge in [0, 0.05) is 17.0 Å². The Morgan fingerprint density at radius 1 is 0.938 bits per heavy atom. The molecule has 2 aromatic carbocycles. The first kappa shape index (κ1) is 20.7. The molecule has 0 unspecified atom stereocenters. The average molecular weight is 459 g/mol. The van der Waals surface area contributed by atoms with Gasteiger partial charge in [-0.3, -0.25) is 4.57 Å². The van der Waals surface area contributed by atoms with Gasteiger partial charge in [-0.1, -0.05) is 60.3 Å². The van der Waals surface area contributed by atoms with E-state index in [0.29, 0.717) is 23.8 Å². The van der Waals surface area contributed by atoms with Crippen LogP contribution in [0.1, 0.15) is 27.7 Å². The van der Waals surface area contributed by atoms with E-state index in [1.54, 1.807) is 23.1 Å². The largest absolute Gasteiger partial charge is 0.383 e. The Labute approximate surface area is 194 Å². The summed E-state index contributed by atoms with van der Waals surface area (Å²) >= 11 is 3.23. The first-order chi connectivity index (χ1) is 15.6. The predicted octanol–water partition coefficient (Wildman–Crippen LogP) is 5.35. The summed E-state index contributed by atoms with van der Waals surface area (Å²) in [5.41, 5.74) is 9.65. The number of nitrogens with zero attached hydrogens (tertiary/aromatic N) is 5. The van der Waals surface area contributed by atoms with Gasteiger partial charge >= 0.3 is 0 Å². The number of thioether (sulfide) groups is 1. The van der Waals surface area contributed by atoms with E-state index in [-0.39, 0.29) is 0 Å². The molecular formula is C24H22N6S2. The van der Waals surface area contributed by atoms with Crippen molar-refractivity contribution in [1.29, 1.82) is 0 Å². The van der Waals surface area contributed by atoms with E-state index >= 15 is 0 Å². The van der Waals surface area contributed by atoms with Crippen LogP contribution in [0.15, 0.2) is 65.8 Å². The van der Waals surface area contributed by atoms with Crippen LogP contribution in [0.3, 0.4) is 0 Å². The molecule has 0 radical (unpaired) electrons. The molecule has 8 heteroatoms. The van der Waals surface area contributed by atoms with Crippen molar-refractivity contribution in [3.8, 4) is 5.69 Å². The Morgan fingerprint density at radius 2 is 1.66 bits per heavy atom. The first-order valence-electron chi connectivity index (χ1n) is 10.3. The number of nitrogens with two attached hydrogens (primary N) is 1. The lowest BCUT2D eigenvalue weighted by atomic mass is 10.1. The van der Waals surface area contributed by atoms with Gasteiger partial charge in [-0.05, 0) is 37.1 Å². The molecular weight excluding hydrogens is 436 g/mol. The number of fused-ring (bicyclic) bond motifs is 1. The van der Waals surface area contributed by atoms with Crippen molar-refractivity contribution in [2.24, 2.45) is 0 Å². The number of anilines is 1. The highest BCUT2D eigenvalue weighted by Crippen LogP contribution is 2.33. The molecule has 0 fully saturated rings. The van der Waals surface area contributed by atoms with Crippen molar-refractivity contribution >= 4 is 39.1 Å². The van der Waals surface area contributed by atoms with Crippen LogP contribution < -0.4 is 5.73 Å². The van der Waals surface area contributed by atoms with Crippen LogP contribution >= 0.6 is 23.1 Å². The fraction of sp³-hybridized carbons (Fsp3) is 0.167. The number of aromatic nitrogens is 5. The summed E-state index contributed by atoms with van der Waals surface area (Å²) in [4.78, 5) is 11.5. The normalized spacial score (nSPS) is 11.3. The van der Waals surface area contributed by atoms with Gasteiger partial charge in [0.2, 0.25) is 0 Å². The fourth-order valence-corrected chi connectivity index (χ4v) is 5.53. The zero-order valence-electron chi connectivity index (χ0n) is 17.8. The average Bonchev–Trinajstić information content (AvgIpc) is 3.33. The number of nitrogen functional groups attached to an aromatic ring is 1. The highest BCUT2D eigenvalue weighted by molar-refractivity contribution is 7.98. The van der Waals surface area contributed by atoms with Crippen molar-refractivity contribution in [1.82, 2.24) is 24.7 Å².